The maximum absolute atomic E-state index is 11.1. The number of terminal acetylenes is 1. The largest absolute Gasteiger partial charge is 0.472 e. The molecule has 7 heteroatoms. The molecule has 0 saturated carbocycles. The number of carboxylic acids is 1. The second kappa shape index (κ2) is 9.12. The number of carbonyl (C=O) groups excluding carboxylic acids is 2. The van der Waals surface area contributed by atoms with Gasteiger partial charge < -0.3 is 9.84 Å². The second-order valence-corrected chi connectivity index (χ2v) is 1.56. The third-order valence-electron chi connectivity index (χ3n) is 0.569. The Morgan fingerprint density at radius 3 is 1.64 bits per heavy atom. The molecule has 0 aliphatic heterocycles. The summed E-state index contributed by atoms with van der Waals surface area (Å²) in [7, 11) is 0. The van der Waals surface area contributed by atoms with Crippen molar-refractivity contribution in [1.82, 2.24) is 0 Å². The summed E-state index contributed by atoms with van der Waals surface area (Å²) in [4.78, 5) is 28.7. The van der Waals surface area contributed by atoms with Crippen LogP contribution in [0.2, 0.25) is 0 Å². The maximum Gasteiger partial charge on any atom is 0.381 e. The van der Waals surface area contributed by atoms with Crippen LogP contribution in [0.4, 0.5) is 8.78 Å². The highest BCUT2D eigenvalue weighted by molar-refractivity contribution is 5.86. The van der Waals surface area contributed by atoms with Gasteiger partial charge in [0.2, 0.25) is 0 Å². The lowest BCUT2D eigenvalue weighted by Crippen LogP contribution is -2.14. The lowest BCUT2D eigenvalue weighted by atomic mass is 10.7. The molecule has 0 fully saturated rings. The molecule has 0 bridgehead atoms. The first kappa shape index (κ1) is 14.5. The van der Waals surface area contributed by atoms with E-state index < -0.39 is 31.3 Å². The number of rotatable bonds is 2. The summed E-state index contributed by atoms with van der Waals surface area (Å²) < 4.78 is 25.8. The average molecular weight is 208 g/mol. The molecule has 0 unspecified atom stereocenters. The van der Waals surface area contributed by atoms with Crippen LogP contribution >= 0.6 is 0 Å². The van der Waals surface area contributed by atoms with E-state index in [1.165, 1.54) is 5.92 Å². The summed E-state index contributed by atoms with van der Waals surface area (Å²) in [6.07, 6.45) is 4.32. The Hall–Kier alpha value is -1.97. The predicted molar refractivity (Wildman–Crippen MR) is 39.5 cm³/mol. The Kier molecular flexibility index (Phi) is 9.48. The lowest BCUT2D eigenvalue weighted by Gasteiger charge is -1.92. The maximum atomic E-state index is 11.1. The second-order valence-electron chi connectivity index (χ2n) is 1.56. The van der Waals surface area contributed by atoms with E-state index in [0.29, 0.717) is 0 Å². The monoisotopic (exact) mass is 208 g/mol. The topological polar surface area (TPSA) is 80.7 Å². The van der Waals surface area contributed by atoms with E-state index in [1.54, 1.807) is 0 Å². The van der Waals surface area contributed by atoms with Crippen molar-refractivity contribution < 1.29 is 33.0 Å². The fourth-order valence-corrected chi connectivity index (χ4v) is 0.182. The van der Waals surface area contributed by atoms with Crippen LogP contribution in [-0.4, -0.2) is 36.4 Å². The molecule has 0 aromatic rings. The van der Waals surface area contributed by atoms with Crippen LogP contribution in [0.5, 0.6) is 0 Å². The van der Waals surface area contributed by atoms with E-state index in [4.69, 9.17) is 9.90 Å². The molecule has 78 valence electrons. The normalized spacial score (nSPS) is 7.50. The summed E-state index contributed by atoms with van der Waals surface area (Å²) in [6, 6.07) is 0. The molecule has 0 saturated heterocycles. The highest BCUT2D eigenvalue weighted by Crippen LogP contribution is 1.82. The minimum atomic E-state index is -1.41. The molecular formula is C7H6F2O5. The van der Waals surface area contributed by atoms with Crippen LogP contribution in [0.1, 0.15) is 0 Å². The van der Waals surface area contributed by atoms with Gasteiger partial charge >= 0.3 is 17.9 Å². The van der Waals surface area contributed by atoms with Crippen LogP contribution in [0, 0.1) is 12.3 Å². The number of halogens is 2. The standard InChI is InChI=1S/C4H4F2O3.C3H2O2/c5-1-3(7)9-4(8)2-6;1-2-3(4)5/h1-2H2;1H,(H,4,5). The van der Waals surface area contributed by atoms with Crippen LogP contribution in [0.15, 0.2) is 0 Å². The molecule has 5 nitrogen and oxygen atoms in total. The van der Waals surface area contributed by atoms with Gasteiger partial charge in [-0.3, -0.25) is 0 Å². The summed E-state index contributed by atoms with van der Waals surface area (Å²) in [5.41, 5.74) is 0. The molecule has 0 atom stereocenters. The zero-order chi connectivity index (χ0) is 11.6. The van der Waals surface area contributed by atoms with Crippen molar-refractivity contribution >= 4 is 17.9 Å². The van der Waals surface area contributed by atoms with Crippen LogP contribution in [0.25, 0.3) is 0 Å². The van der Waals surface area contributed by atoms with Crippen LogP contribution in [0.3, 0.4) is 0 Å². The number of esters is 2. The molecule has 0 radical (unpaired) electrons. The molecule has 0 heterocycles. The van der Waals surface area contributed by atoms with E-state index in [-0.39, 0.29) is 0 Å². The molecule has 14 heavy (non-hydrogen) atoms. The van der Waals surface area contributed by atoms with Crippen molar-refractivity contribution in [2.45, 2.75) is 0 Å². The van der Waals surface area contributed by atoms with Gasteiger partial charge in [0.15, 0.2) is 13.3 Å². The van der Waals surface area contributed by atoms with Crippen molar-refractivity contribution in [3.05, 3.63) is 0 Å². The number of hydrogen-bond donors (Lipinski definition) is 1. The average Bonchev–Trinajstić information content (AvgIpc) is 2.18. The highest BCUT2D eigenvalue weighted by atomic mass is 19.1. The van der Waals surface area contributed by atoms with Gasteiger partial charge in [0.05, 0.1) is 0 Å². The highest BCUT2D eigenvalue weighted by Gasteiger charge is 2.07. The quantitative estimate of drug-likeness (QED) is 0.382. The summed E-state index contributed by atoms with van der Waals surface area (Å²) in [5, 5.41) is 7.49. The first-order chi connectivity index (χ1) is 6.47. The molecule has 0 aromatic carbocycles. The Balaban J connectivity index is 0. The first-order valence-electron chi connectivity index (χ1n) is 3.02. The summed E-state index contributed by atoms with van der Waals surface area (Å²) >= 11 is 0. The summed E-state index contributed by atoms with van der Waals surface area (Å²) in [6.45, 7) is -2.82. The van der Waals surface area contributed by atoms with Gasteiger partial charge in [-0.05, 0) is 0 Å². The van der Waals surface area contributed by atoms with Gasteiger partial charge in [0.1, 0.15) is 0 Å². The Bertz CT molecular complexity index is 241. The van der Waals surface area contributed by atoms with Crippen LogP contribution < -0.4 is 0 Å². The first-order valence-corrected chi connectivity index (χ1v) is 3.02. The number of aliphatic carboxylic acids is 1. The van der Waals surface area contributed by atoms with E-state index in [2.05, 4.69) is 11.2 Å². The molecule has 0 amide bonds. The van der Waals surface area contributed by atoms with Crippen molar-refractivity contribution in [1.29, 1.82) is 0 Å². The van der Waals surface area contributed by atoms with E-state index in [1.807, 2.05) is 0 Å². The zero-order valence-corrected chi connectivity index (χ0v) is 6.83. The zero-order valence-electron chi connectivity index (χ0n) is 6.83. The number of carbonyl (C=O) groups is 3. The smallest absolute Gasteiger partial charge is 0.381 e. The number of carboxylic acid groups (broad SMARTS) is 1. The summed E-state index contributed by atoms with van der Waals surface area (Å²) in [5.74, 6) is -2.50. The molecule has 0 rings (SSSR count). The molecular weight excluding hydrogens is 202 g/mol. The number of ether oxygens (including phenoxy) is 1. The van der Waals surface area contributed by atoms with Crippen molar-refractivity contribution in [3.8, 4) is 12.3 Å². The van der Waals surface area contributed by atoms with E-state index >= 15 is 0 Å². The predicted octanol–water partition coefficient (Wildman–Crippen LogP) is -0.301. The van der Waals surface area contributed by atoms with E-state index in [0.717, 1.165) is 0 Å². The number of hydrogen-bond acceptors (Lipinski definition) is 4. The minimum Gasteiger partial charge on any atom is -0.472 e. The van der Waals surface area contributed by atoms with Crippen LogP contribution in [-0.2, 0) is 19.1 Å². The lowest BCUT2D eigenvalue weighted by molar-refractivity contribution is -0.160. The minimum absolute atomic E-state index is 1.22. The van der Waals surface area contributed by atoms with Gasteiger partial charge in [0.25, 0.3) is 0 Å². The van der Waals surface area contributed by atoms with Gasteiger partial charge in [0, 0.05) is 5.92 Å². The Morgan fingerprint density at radius 2 is 1.50 bits per heavy atom. The molecule has 1 N–H and O–H groups in total. The van der Waals surface area contributed by atoms with Gasteiger partial charge in [-0.25, -0.2) is 23.2 Å². The molecule has 0 aliphatic rings. The van der Waals surface area contributed by atoms with Gasteiger partial charge in [-0.15, -0.1) is 6.42 Å². The Morgan fingerprint density at radius 1 is 1.21 bits per heavy atom. The van der Waals surface area contributed by atoms with Gasteiger partial charge in [-0.2, -0.15) is 0 Å². The fourth-order valence-electron chi connectivity index (χ4n) is 0.182. The fraction of sp³-hybridized carbons (Fsp3) is 0.286. The molecule has 0 aromatic heterocycles. The van der Waals surface area contributed by atoms with E-state index in [9.17, 15) is 18.4 Å². The number of alkyl halides is 2. The van der Waals surface area contributed by atoms with Gasteiger partial charge in [-0.1, -0.05) is 0 Å². The van der Waals surface area contributed by atoms with Crippen molar-refractivity contribution in [2.75, 3.05) is 13.3 Å². The van der Waals surface area contributed by atoms with Crippen molar-refractivity contribution in [3.63, 3.8) is 0 Å². The third-order valence-corrected chi connectivity index (χ3v) is 0.569. The Labute approximate surface area is 77.7 Å². The molecule has 0 aliphatic carbocycles. The molecule has 0 spiro atoms. The SMILES string of the molecule is C#CC(=O)O.O=C(CF)OC(=O)CF. The third kappa shape index (κ3) is 12.7. The van der Waals surface area contributed by atoms with Crippen molar-refractivity contribution in [2.24, 2.45) is 0 Å².